The zero-order chi connectivity index (χ0) is 17.1. The first-order chi connectivity index (χ1) is 11.6. The summed E-state index contributed by atoms with van der Waals surface area (Å²) in [5.41, 5.74) is 1.39. The predicted octanol–water partition coefficient (Wildman–Crippen LogP) is 3.38. The highest BCUT2D eigenvalue weighted by Gasteiger charge is 2.35. The van der Waals surface area contributed by atoms with Gasteiger partial charge in [0.15, 0.2) is 0 Å². The maximum Gasteiger partial charge on any atom is 0.238 e. The van der Waals surface area contributed by atoms with Gasteiger partial charge < -0.3 is 15.4 Å². The van der Waals surface area contributed by atoms with E-state index in [9.17, 15) is 9.59 Å². The highest BCUT2D eigenvalue weighted by atomic mass is 32.2. The fraction of sp³-hybridized carbons (Fsp3) is 0.222. The molecular formula is C18H18N2O3S. The lowest BCUT2D eigenvalue weighted by molar-refractivity contribution is -0.123. The van der Waals surface area contributed by atoms with Crippen LogP contribution in [0.1, 0.15) is 6.92 Å². The summed E-state index contributed by atoms with van der Waals surface area (Å²) in [5.74, 6) is -0.273. The van der Waals surface area contributed by atoms with E-state index < -0.39 is 11.2 Å². The van der Waals surface area contributed by atoms with Gasteiger partial charge in [0.05, 0.1) is 29.7 Å². The first-order valence-electron chi connectivity index (χ1n) is 7.60. The molecular weight excluding hydrogens is 324 g/mol. The number of hydrogen-bond acceptors (Lipinski definition) is 4. The van der Waals surface area contributed by atoms with Crippen LogP contribution >= 0.6 is 11.8 Å². The third-order valence-corrected chi connectivity index (χ3v) is 5.38. The van der Waals surface area contributed by atoms with Gasteiger partial charge in [-0.25, -0.2) is 0 Å². The van der Waals surface area contributed by atoms with Gasteiger partial charge in [0.2, 0.25) is 11.8 Å². The molecule has 1 aliphatic heterocycles. The molecule has 6 heteroatoms. The van der Waals surface area contributed by atoms with Gasteiger partial charge >= 0.3 is 0 Å². The van der Waals surface area contributed by atoms with E-state index in [1.807, 2.05) is 36.4 Å². The van der Waals surface area contributed by atoms with Crippen molar-refractivity contribution < 1.29 is 14.3 Å². The van der Waals surface area contributed by atoms with Gasteiger partial charge in [-0.15, -0.1) is 11.8 Å². The van der Waals surface area contributed by atoms with E-state index >= 15 is 0 Å². The maximum atomic E-state index is 12.6. The average molecular weight is 342 g/mol. The minimum Gasteiger partial charge on any atom is -0.495 e. The monoisotopic (exact) mass is 342 g/mol. The van der Waals surface area contributed by atoms with Crippen LogP contribution in [-0.4, -0.2) is 24.2 Å². The van der Waals surface area contributed by atoms with E-state index in [1.165, 1.54) is 11.8 Å². The molecule has 0 aromatic heterocycles. The Morgan fingerprint density at radius 3 is 2.71 bits per heavy atom. The van der Waals surface area contributed by atoms with Crippen molar-refractivity contribution in [3.8, 4) is 5.75 Å². The van der Waals surface area contributed by atoms with Gasteiger partial charge in [-0.05, 0) is 24.3 Å². The van der Waals surface area contributed by atoms with E-state index in [0.717, 1.165) is 10.6 Å². The van der Waals surface area contributed by atoms with Crippen molar-refractivity contribution in [1.82, 2.24) is 0 Å². The minimum atomic E-state index is -0.492. The summed E-state index contributed by atoms with van der Waals surface area (Å²) in [4.78, 5) is 25.9. The van der Waals surface area contributed by atoms with Crippen LogP contribution in [0.25, 0.3) is 0 Å². The third kappa shape index (κ3) is 3.23. The molecule has 2 aromatic carbocycles. The Kier molecular flexibility index (Phi) is 4.76. The van der Waals surface area contributed by atoms with Crippen molar-refractivity contribution >= 4 is 35.0 Å². The molecule has 5 nitrogen and oxygen atoms in total. The summed E-state index contributed by atoms with van der Waals surface area (Å²) in [6, 6.07) is 14.8. The van der Waals surface area contributed by atoms with Crippen molar-refractivity contribution in [3.05, 3.63) is 48.5 Å². The summed E-state index contributed by atoms with van der Waals surface area (Å²) in [6.45, 7) is 1.76. The van der Waals surface area contributed by atoms with E-state index in [-0.39, 0.29) is 11.8 Å². The van der Waals surface area contributed by atoms with Crippen LogP contribution in [0.4, 0.5) is 11.4 Å². The van der Waals surface area contributed by atoms with E-state index in [0.29, 0.717) is 11.4 Å². The number of para-hydroxylation sites is 3. The smallest absolute Gasteiger partial charge is 0.238 e. The maximum absolute atomic E-state index is 12.6. The molecule has 2 unspecified atom stereocenters. The Balaban J connectivity index is 1.75. The van der Waals surface area contributed by atoms with Gasteiger partial charge in [0.25, 0.3) is 0 Å². The third-order valence-electron chi connectivity index (χ3n) is 3.89. The number of amides is 2. The van der Waals surface area contributed by atoms with Crippen molar-refractivity contribution in [1.29, 1.82) is 0 Å². The molecule has 0 aliphatic carbocycles. The lowest BCUT2D eigenvalue weighted by Gasteiger charge is -2.27. The van der Waals surface area contributed by atoms with Crippen LogP contribution in [0, 0.1) is 5.92 Å². The highest BCUT2D eigenvalue weighted by Crippen LogP contribution is 2.38. The fourth-order valence-corrected chi connectivity index (χ4v) is 3.70. The van der Waals surface area contributed by atoms with Crippen LogP contribution in [-0.2, 0) is 9.59 Å². The minimum absolute atomic E-state index is 0.152. The molecule has 2 N–H and O–H groups in total. The average Bonchev–Trinajstić information content (AvgIpc) is 2.61. The SMILES string of the molecule is COc1ccccc1NC(=O)C(C)C1Sc2ccccc2NC1=O. The number of benzene rings is 2. The van der Waals surface area contributed by atoms with E-state index in [2.05, 4.69) is 10.6 Å². The molecule has 1 heterocycles. The van der Waals surface area contributed by atoms with Crippen molar-refractivity contribution in [2.24, 2.45) is 5.92 Å². The number of rotatable bonds is 4. The molecule has 124 valence electrons. The van der Waals surface area contributed by atoms with Crippen LogP contribution in [0.5, 0.6) is 5.75 Å². The zero-order valence-electron chi connectivity index (χ0n) is 13.4. The summed E-state index contributed by atoms with van der Waals surface area (Å²) in [7, 11) is 1.55. The van der Waals surface area contributed by atoms with Crippen LogP contribution in [0.2, 0.25) is 0 Å². The highest BCUT2D eigenvalue weighted by molar-refractivity contribution is 8.01. The molecule has 0 saturated carbocycles. The Hall–Kier alpha value is -2.47. The number of thioether (sulfide) groups is 1. The van der Waals surface area contributed by atoms with Gasteiger partial charge in [-0.2, -0.15) is 0 Å². The number of hydrogen-bond donors (Lipinski definition) is 2. The van der Waals surface area contributed by atoms with Gasteiger partial charge in [-0.3, -0.25) is 9.59 Å². The molecule has 24 heavy (non-hydrogen) atoms. The summed E-state index contributed by atoms with van der Waals surface area (Å²) >= 11 is 1.42. The molecule has 0 fully saturated rings. The van der Waals surface area contributed by atoms with Crippen LogP contribution in [0.3, 0.4) is 0 Å². The second-order valence-corrected chi connectivity index (χ2v) is 6.69. The Morgan fingerprint density at radius 2 is 1.92 bits per heavy atom. The predicted molar refractivity (Wildman–Crippen MR) is 95.5 cm³/mol. The van der Waals surface area contributed by atoms with Gasteiger partial charge in [-0.1, -0.05) is 31.2 Å². The quantitative estimate of drug-likeness (QED) is 0.894. The van der Waals surface area contributed by atoms with Gasteiger partial charge in [0.1, 0.15) is 5.75 Å². The second kappa shape index (κ2) is 6.97. The molecule has 2 amide bonds. The van der Waals surface area contributed by atoms with Crippen molar-refractivity contribution in [3.63, 3.8) is 0 Å². The number of carbonyl (C=O) groups is 2. The molecule has 2 atom stereocenters. The summed E-state index contributed by atoms with van der Waals surface area (Å²) in [6.07, 6.45) is 0. The molecule has 0 saturated heterocycles. The normalized spacial score (nSPS) is 17.4. The summed E-state index contributed by atoms with van der Waals surface area (Å²) in [5, 5.41) is 5.24. The van der Waals surface area contributed by atoms with Crippen molar-refractivity contribution in [2.45, 2.75) is 17.1 Å². The number of methoxy groups -OCH3 is 1. The number of carbonyl (C=O) groups excluding carboxylic acids is 2. The lowest BCUT2D eigenvalue weighted by Crippen LogP contribution is -2.39. The standard InChI is InChI=1S/C18H18N2O3S/c1-11(17(21)19-12-7-3-5-9-14(12)23-2)16-18(22)20-13-8-4-6-10-15(13)24-16/h3-11,16H,1-2H3,(H,19,21)(H,20,22). The van der Waals surface area contributed by atoms with Crippen molar-refractivity contribution in [2.75, 3.05) is 17.7 Å². The Labute approximate surface area is 144 Å². The molecule has 0 bridgehead atoms. The molecule has 1 aliphatic rings. The van der Waals surface area contributed by atoms with E-state index in [1.54, 1.807) is 26.2 Å². The van der Waals surface area contributed by atoms with E-state index in [4.69, 9.17) is 4.74 Å². The first-order valence-corrected chi connectivity index (χ1v) is 8.48. The number of ether oxygens (including phenoxy) is 1. The largest absolute Gasteiger partial charge is 0.495 e. The Bertz CT molecular complexity index is 778. The molecule has 0 spiro atoms. The van der Waals surface area contributed by atoms with Gasteiger partial charge in [0, 0.05) is 4.90 Å². The lowest BCUT2D eigenvalue weighted by atomic mass is 10.1. The topological polar surface area (TPSA) is 67.4 Å². The Morgan fingerprint density at radius 1 is 1.21 bits per heavy atom. The summed E-state index contributed by atoms with van der Waals surface area (Å²) < 4.78 is 5.24. The number of nitrogens with one attached hydrogen (secondary N) is 2. The zero-order valence-corrected chi connectivity index (χ0v) is 14.2. The number of anilines is 2. The molecule has 3 rings (SSSR count). The number of fused-ring (bicyclic) bond motifs is 1. The molecule has 2 aromatic rings. The fourth-order valence-electron chi connectivity index (χ4n) is 2.53. The van der Waals surface area contributed by atoms with Crippen LogP contribution < -0.4 is 15.4 Å². The second-order valence-electron chi connectivity index (χ2n) is 5.50. The first kappa shape index (κ1) is 16.4. The van der Waals surface area contributed by atoms with Crippen LogP contribution in [0.15, 0.2) is 53.4 Å². The molecule has 0 radical (unpaired) electrons.